The Morgan fingerprint density at radius 1 is 1.12 bits per heavy atom. The number of para-hydroxylation sites is 1. The summed E-state index contributed by atoms with van der Waals surface area (Å²) in [5.74, 6) is 0.600. The maximum atomic E-state index is 5.27. The zero-order chi connectivity index (χ0) is 10.8. The molecule has 82 valence electrons. The van der Waals surface area contributed by atoms with Crippen molar-refractivity contribution in [1.82, 2.24) is 10.2 Å². The van der Waals surface area contributed by atoms with E-state index in [-0.39, 0.29) is 0 Å². The summed E-state index contributed by atoms with van der Waals surface area (Å²) in [5, 5.41) is 7.71. The highest BCUT2D eigenvalue weighted by Gasteiger charge is 2.17. The molecule has 1 aliphatic rings. The van der Waals surface area contributed by atoms with Crippen molar-refractivity contribution in [1.29, 1.82) is 0 Å². The van der Waals surface area contributed by atoms with Crippen molar-refractivity contribution in [2.75, 3.05) is 18.0 Å². The van der Waals surface area contributed by atoms with E-state index in [0.29, 0.717) is 5.89 Å². The van der Waals surface area contributed by atoms with E-state index in [1.165, 1.54) is 24.9 Å². The minimum absolute atomic E-state index is 0.600. The molecule has 1 aliphatic heterocycles. The first-order valence-electron chi connectivity index (χ1n) is 5.56. The quantitative estimate of drug-likeness (QED) is 0.771. The minimum atomic E-state index is 0.600. The average Bonchev–Trinajstić information content (AvgIpc) is 3.03. The molecule has 0 radical (unpaired) electrons. The van der Waals surface area contributed by atoms with Crippen molar-refractivity contribution in [2.24, 2.45) is 0 Å². The number of benzene rings is 1. The van der Waals surface area contributed by atoms with E-state index in [0.717, 1.165) is 18.7 Å². The molecule has 2 heterocycles. The van der Waals surface area contributed by atoms with Gasteiger partial charge in [-0.25, -0.2) is 0 Å². The molecule has 1 aromatic heterocycles. The fraction of sp³-hybridized carbons (Fsp3) is 0.333. The number of anilines is 1. The summed E-state index contributed by atoms with van der Waals surface area (Å²) in [7, 11) is 0. The minimum Gasteiger partial charge on any atom is -0.423 e. The van der Waals surface area contributed by atoms with Crippen LogP contribution in [-0.2, 0) is 0 Å². The molecular formula is C12H13N3O. The van der Waals surface area contributed by atoms with Gasteiger partial charge in [0.2, 0.25) is 12.3 Å². The average molecular weight is 215 g/mol. The van der Waals surface area contributed by atoms with Crippen molar-refractivity contribution in [2.45, 2.75) is 12.8 Å². The largest absolute Gasteiger partial charge is 0.423 e. The Bertz CT molecular complexity index is 461. The monoisotopic (exact) mass is 215 g/mol. The van der Waals surface area contributed by atoms with Gasteiger partial charge in [-0.1, -0.05) is 12.1 Å². The number of nitrogens with zero attached hydrogens (tertiary/aromatic N) is 3. The highest BCUT2D eigenvalue weighted by Crippen LogP contribution is 2.31. The van der Waals surface area contributed by atoms with Crippen molar-refractivity contribution in [3.63, 3.8) is 0 Å². The molecule has 0 aliphatic carbocycles. The molecule has 0 unspecified atom stereocenters. The van der Waals surface area contributed by atoms with Gasteiger partial charge in [0, 0.05) is 18.8 Å². The third-order valence-electron chi connectivity index (χ3n) is 2.94. The fourth-order valence-corrected chi connectivity index (χ4v) is 2.18. The first kappa shape index (κ1) is 9.39. The summed E-state index contributed by atoms with van der Waals surface area (Å²) < 4.78 is 5.27. The third kappa shape index (κ3) is 1.56. The first-order chi connectivity index (χ1) is 7.95. The first-order valence-corrected chi connectivity index (χ1v) is 5.56. The lowest BCUT2D eigenvalue weighted by Gasteiger charge is -2.19. The molecule has 1 saturated heterocycles. The Morgan fingerprint density at radius 3 is 2.69 bits per heavy atom. The number of rotatable bonds is 2. The zero-order valence-electron chi connectivity index (χ0n) is 8.97. The van der Waals surface area contributed by atoms with Crippen LogP contribution in [0.25, 0.3) is 11.5 Å². The summed E-state index contributed by atoms with van der Waals surface area (Å²) in [6, 6.07) is 8.19. The molecule has 1 aromatic carbocycles. The Balaban J connectivity index is 2.04. The van der Waals surface area contributed by atoms with Crippen LogP contribution in [0, 0.1) is 0 Å². The van der Waals surface area contributed by atoms with Gasteiger partial charge in [0.05, 0.1) is 5.56 Å². The van der Waals surface area contributed by atoms with Crippen LogP contribution in [0.3, 0.4) is 0 Å². The molecule has 3 rings (SSSR count). The van der Waals surface area contributed by atoms with E-state index < -0.39 is 0 Å². The van der Waals surface area contributed by atoms with Gasteiger partial charge in [0.25, 0.3) is 0 Å². The molecule has 0 amide bonds. The standard InChI is InChI=1S/C12H13N3O/c1-2-6-11(15-7-3-4-8-15)10(5-1)12-14-13-9-16-12/h1-2,5-6,9H,3-4,7-8H2. The second kappa shape index (κ2) is 3.96. The lowest BCUT2D eigenvalue weighted by molar-refractivity contribution is 0.568. The highest BCUT2D eigenvalue weighted by atomic mass is 16.4. The van der Waals surface area contributed by atoms with Gasteiger partial charge >= 0.3 is 0 Å². The molecule has 2 aromatic rings. The summed E-state index contributed by atoms with van der Waals surface area (Å²) >= 11 is 0. The van der Waals surface area contributed by atoms with E-state index in [1.807, 2.05) is 18.2 Å². The lowest BCUT2D eigenvalue weighted by atomic mass is 10.1. The van der Waals surface area contributed by atoms with Gasteiger partial charge in [-0.15, -0.1) is 10.2 Å². The normalized spacial score (nSPS) is 15.6. The van der Waals surface area contributed by atoms with Crippen LogP contribution in [0.5, 0.6) is 0 Å². The van der Waals surface area contributed by atoms with Gasteiger partial charge in [-0.2, -0.15) is 0 Å². The molecule has 0 atom stereocenters. The van der Waals surface area contributed by atoms with Gasteiger partial charge in [-0.3, -0.25) is 0 Å². The summed E-state index contributed by atoms with van der Waals surface area (Å²) in [6.45, 7) is 2.23. The van der Waals surface area contributed by atoms with Crippen molar-refractivity contribution < 1.29 is 4.42 Å². The smallest absolute Gasteiger partial charge is 0.249 e. The van der Waals surface area contributed by atoms with E-state index in [2.05, 4.69) is 21.2 Å². The Hall–Kier alpha value is -1.84. The SMILES string of the molecule is c1ccc(N2CCCC2)c(-c2nnco2)c1. The van der Waals surface area contributed by atoms with Crippen LogP contribution < -0.4 is 4.90 Å². The van der Waals surface area contributed by atoms with Crippen LogP contribution in [0.2, 0.25) is 0 Å². The van der Waals surface area contributed by atoms with E-state index >= 15 is 0 Å². The molecule has 4 nitrogen and oxygen atoms in total. The molecule has 16 heavy (non-hydrogen) atoms. The topological polar surface area (TPSA) is 42.2 Å². The van der Waals surface area contributed by atoms with Crippen LogP contribution in [-0.4, -0.2) is 23.3 Å². The maximum Gasteiger partial charge on any atom is 0.249 e. The van der Waals surface area contributed by atoms with Gasteiger partial charge in [0.1, 0.15) is 0 Å². The predicted molar refractivity (Wildman–Crippen MR) is 61.2 cm³/mol. The third-order valence-corrected chi connectivity index (χ3v) is 2.94. The van der Waals surface area contributed by atoms with E-state index in [4.69, 9.17) is 4.42 Å². The van der Waals surface area contributed by atoms with Gasteiger partial charge < -0.3 is 9.32 Å². The number of aromatic nitrogens is 2. The van der Waals surface area contributed by atoms with Gasteiger partial charge in [0.15, 0.2) is 0 Å². The van der Waals surface area contributed by atoms with E-state index in [9.17, 15) is 0 Å². The molecule has 0 spiro atoms. The summed E-state index contributed by atoms with van der Waals surface area (Å²) in [5.41, 5.74) is 2.23. The van der Waals surface area contributed by atoms with Crippen LogP contribution in [0.15, 0.2) is 35.1 Å². The predicted octanol–water partition coefficient (Wildman–Crippen LogP) is 2.34. The van der Waals surface area contributed by atoms with Crippen LogP contribution in [0.1, 0.15) is 12.8 Å². The van der Waals surface area contributed by atoms with Crippen molar-refractivity contribution in [3.05, 3.63) is 30.7 Å². The number of hydrogen-bond acceptors (Lipinski definition) is 4. The molecule has 0 saturated carbocycles. The molecule has 1 fully saturated rings. The second-order valence-electron chi connectivity index (χ2n) is 3.96. The molecular weight excluding hydrogens is 202 g/mol. The molecule has 4 heteroatoms. The van der Waals surface area contributed by atoms with Crippen LogP contribution in [0.4, 0.5) is 5.69 Å². The molecule has 0 bridgehead atoms. The summed E-state index contributed by atoms with van der Waals surface area (Å²) in [4.78, 5) is 2.37. The Kier molecular flexibility index (Phi) is 2.33. The van der Waals surface area contributed by atoms with Gasteiger partial charge in [-0.05, 0) is 25.0 Å². The maximum absolute atomic E-state index is 5.27. The second-order valence-corrected chi connectivity index (χ2v) is 3.96. The zero-order valence-corrected chi connectivity index (χ0v) is 8.97. The number of hydrogen-bond donors (Lipinski definition) is 0. The van der Waals surface area contributed by atoms with E-state index in [1.54, 1.807) is 0 Å². The molecule has 0 N–H and O–H groups in total. The Morgan fingerprint density at radius 2 is 1.94 bits per heavy atom. The van der Waals surface area contributed by atoms with Crippen molar-refractivity contribution in [3.8, 4) is 11.5 Å². The van der Waals surface area contributed by atoms with Crippen LogP contribution >= 0.6 is 0 Å². The fourth-order valence-electron chi connectivity index (χ4n) is 2.18. The van der Waals surface area contributed by atoms with Crippen molar-refractivity contribution >= 4 is 5.69 Å². The Labute approximate surface area is 93.9 Å². The highest BCUT2D eigenvalue weighted by molar-refractivity contribution is 5.73. The summed E-state index contributed by atoms with van der Waals surface area (Å²) in [6.07, 6.45) is 3.90. The lowest BCUT2D eigenvalue weighted by Crippen LogP contribution is -2.18.